The van der Waals surface area contributed by atoms with Crippen LogP contribution in [0.2, 0.25) is 0 Å². The number of hydrogen-bond donors (Lipinski definition) is 2. The molecule has 0 bridgehead atoms. The SMILES string of the molecule is O=C(NC1=C(c2ccccc2)NC(c2ccccc2)O1)[C@H]1CC1c1ccccc1. The van der Waals surface area contributed by atoms with Crippen LogP contribution < -0.4 is 10.6 Å². The molecule has 3 atom stereocenters. The second-order valence-electron chi connectivity index (χ2n) is 7.47. The molecule has 0 saturated heterocycles. The number of amides is 1. The molecule has 1 saturated carbocycles. The average Bonchev–Trinajstić information content (AvgIpc) is 3.49. The van der Waals surface area contributed by atoms with Gasteiger partial charge in [0.15, 0.2) is 6.23 Å². The van der Waals surface area contributed by atoms with Crippen LogP contribution in [0, 0.1) is 5.92 Å². The molecule has 1 aliphatic carbocycles. The van der Waals surface area contributed by atoms with E-state index >= 15 is 0 Å². The molecule has 1 fully saturated rings. The van der Waals surface area contributed by atoms with Crippen molar-refractivity contribution in [1.29, 1.82) is 0 Å². The maximum Gasteiger partial charge on any atom is 0.230 e. The normalized spacial score (nSPS) is 22.6. The standard InChI is InChI=1S/C25H22N2O2/c28-23(21-16-20(21)17-10-4-1-5-11-17)27-25-22(18-12-6-2-7-13-18)26-24(29-25)19-14-8-3-9-15-19/h1-15,20-21,24,26H,16H2,(H,27,28)/t20?,21-,24?/m0/s1. The van der Waals surface area contributed by atoms with Crippen molar-refractivity contribution in [2.24, 2.45) is 5.92 Å². The maximum atomic E-state index is 12.9. The molecule has 0 radical (unpaired) electrons. The number of carbonyl (C=O) groups is 1. The summed E-state index contributed by atoms with van der Waals surface area (Å²) < 4.78 is 6.14. The van der Waals surface area contributed by atoms with Gasteiger partial charge in [-0.15, -0.1) is 0 Å². The Bertz CT molecular complexity index is 1030. The van der Waals surface area contributed by atoms with Crippen molar-refractivity contribution in [2.45, 2.75) is 18.6 Å². The van der Waals surface area contributed by atoms with Crippen molar-refractivity contribution in [3.8, 4) is 0 Å². The van der Waals surface area contributed by atoms with Gasteiger partial charge in [0.05, 0.1) is 0 Å². The molecule has 2 aliphatic rings. The summed E-state index contributed by atoms with van der Waals surface area (Å²) in [6.45, 7) is 0. The minimum atomic E-state index is -0.328. The monoisotopic (exact) mass is 382 g/mol. The molecule has 2 N–H and O–H groups in total. The molecule has 144 valence electrons. The van der Waals surface area contributed by atoms with Crippen LogP contribution in [0.15, 0.2) is 96.9 Å². The Balaban J connectivity index is 1.36. The fourth-order valence-corrected chi connectivity index (χ4v) is 3.85. The summed E-state index contributed by atoms with van der Waals surface area (Å²) >= 11 is 0. The van der Waals surface area contributed by atoms with E-state index in [1.165, 1.54) is 5.56 Å². The van der Waals surface area contributed by atoms with Crippen LogP contribution in [-0.2, 0) is 9.53 Å². The van der Waals surface area contributed by atoms with Gasteiger partial charge in [-0.05, 0) is 17.9 Å². The second kappa shape index (κ2) is 7.47. The van der Waals surface area contributed by atoms with Crippen molar-refractivity contribution in [1.82, 2.24) is 10.6 Å². The van der Waals surface area contributed by atoms with Gasteiger partial charge in [-0.1, -0.05) is 91.0 Å². The third-order valence-corrected chi connectivity index (χ3v) is 5.49. The average molecular weight is 382 g/mol. The Morgan fingerprint density at radius 2 is 1.41 bits per heavy atom. The van der Waals surface area contributed by atoms with Crippen LogP contribution in [-0.4, -0.2) is 5.91 Å². The van der Waals surface area contributed by atoms with Gasteiger partial charge in [-0.25, -0.2) is 0 Å². The van der Waals surface area contributed by atoms with Gasteiger partial charge in [0, 0.05) is 17.0 Å². The van der Waals surface area contributed by atoms with Gasteiger partial charge in [-0.2, -0.15) is 0 Å². The topological polar surface area (TPSA) is 50.4 Å². The van der Waals surface area contributed by atoms with Gasteiger partial charge in [0.2, 0.25) is 11.8 Å². The third-order valence-electron chi connectivity index (χ3n) is 5.49. The van der Waals surface area contributed by atoms with Gasteiger partial charge < -0.3 is 10.1 Å². The van der Waals surface area contributed by atoms with E-state index in [-0.39, 0.29) is 24.0 Å². The molecular formula is C25H22N2O2. The van der Waals surface area contributed by atoms with E-state index in [1.54, 1.807) is 0 Å². The number of carbonyl (C=O) groups excluding carboxylic acids is 1. The quantitative estimate of drug-likeness (QED) is 0.681. The minimum Gasteiger partial charge on any atom is -0.449 e. The van der Waals surface area contributed by atoms with E-state index in [9.17, 15) is 4.79 Å². The zero-order valence-corrected chi connectivity index (χ0v) is 15.9. The Hall–Kier alpha value is -3.53. The van der Waals surface area contributed by atoms with Crippen LogP contribution in [0.3, 0.4) is 0 Å². The Labute approximate surface area is 170 Å². The molecule has 0 spiro atoms. The van der Waals surface area contributed by atoms with Gasteiger partial charge >= 0.3 is 0 Å². The summed E-state index contributed by atoms with van der Waals surface area (Å²) in [6.07, 6.45) is 0.546. The van der Waals surface area contributed by atoms with Crippen molar-refractivity contribution in [2.75, 3.05) is 0 Å². The van der Waals surface area contributed by atoms with Crippen molar-refractivity contribution >= 4 is 11.6 Å². The summed E-state index contributed by atoms with van der Waals surface area (Å²) in [7, 11) is 0. The summed E-state index contributed by atoms with van der Waals surface area (Å²) in [5.74, 6) is 0.782. The highest BCUT2D eigenvalue weighted by Crippen LogP contribution is 2.47. The zero-order chi connectivity index (χ0) is 19.6. The van der Waals surface area contributed by atoms with Crippen LogP contribution >= 0.6 is 0 Å². The highest BCUT2D eigenvalue weighted by molar-refractivity contribution is 5.86. The molecule has 1 aliphatic heterocycles. The molecular weight excluding hydrogens is 360 g/mol. The number of hydrogen-bond acceptors (Lipinski definition) is 3. The Morgan fingerprint density at radius 1 is 0.828 bits per heavy atom. The second-order valence-corrected chi connectivity index (χ2v) is 7.47. The number of rotatable bonds is 5. The molecule has 3 aromatic carbocycles. The molecule has 4 heteroatoms. The van der Waals surface area contributed by atoms with Crippen LogP contribution in [0.1, 0.15) is 35.3 Å². The summed E-state index contributed by atoms with van der Waals surface area (Å²) in [6, 6.07) is 30.1. The lowest BCUT2D eigenvalue weighted by Gasteiger charge is -2.13. The first-order valence-corrected chi connectivity index (χ1v) is 9.93. The number of benzene rings is 3. The summed E-state index contributed by atoms with van der Waals surface area (Å²) in [5, 5.41) is 6.47. The van der Waals surface area contributed by atoms with E-state index in [0.717, 1.165) is 23.2 Å². The Morgan fingerprint density at radius 3 is 2.07 bits per heavy atom. The zero-order valence-electron chi connectivity index (χ0n) is 15.9. The predicted octanol–water partition coefficient (Wildman–Crippen LogP) is 4.55. The fourth-order valence-electron chi connectivity index (χ4n) is 3.85. The molecule has 4 nitrogen and oxygen atoms in total. The first kappa shape index (κ1) is 17.6. The molecule has 2 unspecified atom stereocenters. The molecule has 0 aromatic heterocycles. The van der Waals surface area contributed by atoms with E-state index in [2.05, 4.69) is 22.8 Å². The van der Waals surface area contributed by atoms with Crippen LogP contribution in [0.5, 0.6) is 0 Å². The van der Waals surface area contributed by atoms with Crippen molar-refractivity contribution < 1.29 is 9.53 Å². The maximum absolute atomic E-state index is 12.9. The minimum absolute atomic E-state index is 0.0118. The Kier molecular flexibility index (Phi) is 4.53. The van der Waals surface area contributed by atoms with E-state index in [1.807, 2.05) is 78.9 Å². The lowest BCUT2D eigenvalue weighted by Crippen LogP contribution is -2.26. The van der Waals surface area contributed by atoms with E-state index in [0.29, 0.717) is 5.88 Å². The number of ether oxygens (including phenoxy) is 1. The number of nitrogens with one attached hydrogen (secondary N) is 2. The third kappa shape index (κ3) is 3.61. The van der Waals surface area contributed by atoms with Gasteiger partial charge in [-0.3, -0.25) is 10.1 Å². The summed E-state index contributed by atoms with van der Waals surface area (Å²) in [4.78, 5) is 12.9. The molecule has 1 heterocycles. The largest absolute Gasteiger partial charge is 0.449 e. The first-order valence-electron chi connectivity index (χ1n) is 9.93. The summed E-state index contributed by atoms with van der Waals surface area (Å²) in [5.41, 5.74) is 4.03. The highest BCUT2D eigenvalue weighted by atomic mass is 16.5. The molecule has 1 amide bonds. The fraction of sp³-hybridized carbons (Fsp3) is 0.160. The molecule has 3 aromatic rings. The van der Waals surface area contributed by atoms with Crippen LogP contribution in [0.4, 0.5) is 0 Å². The lowest BCUT2D eigenvalue weighted by molar-refractivity contribution is -0.122. The van der Waals surface area contributed by atoms with Gasteiger partial charge in [0.25, 0.3) is 0 Å². The highest BCUT2D eigenvalue weighted by Gasteiger charge is 2.44. The lowest BCUT2D eigenvalue weighted by atomic mass is 10.1. The van der Waals surface area contributed by atoms with Gasteiger partial charge in [0.1, 0.15) is 5.70 Å². The molecule has 5 rings (SSSR count). The van der Waals surface area contributed by atoms with Crippen molar-refractivity contribution in [3.63, 3.8) is 0 Å². The van der Waals surface area contributed by atoms with Crippen molar-refractivity contribution in [3.05, 3.63) is 114 Å². The van der Waals surface area contributed by atoms with Crippen LogP contribution in [0.25, 0.3) is 5.70 Å². The van der Waals surface area contributed by atoms with E-state index in [4.69, 9.17) is 4.74 Å². The smallest absolute Gasteiger partial charge is 0.230 e. The molecule has 29 heavy (non-hydrogen) atoms. The first-order chi connectivity index (χ1) is 14.3. The van der Waals surface area contributed by atoms with E-state index < -0.39 is 0 Å². The predicted molar refractivity (Wildman–Crippen MR) is 112 cm³/mol.